The summed E-state index contributed by atoms with van der Waals surface area (Å²) in [7, 11) is 0. The molecule has 4 nitrogen and oxygen atoms in total. The minimum Gasteiger partial charge on any atom is -0.494 e. The summed E-state index contributed by atoms with van der Waals surface area (Å²) in [6.45, 7) is 4.53. The summed E-state index contributed by atoms with van der Waals surface area (Å²) < 4.78 is 5.68. The first-order valence-electron chi connectivity index (χ1n) is 7.27. The molecule has 110 valence electrons. The molecule has 4 heteroatoms. The van der Waals surface area contributed by atoms with E-state index < -0.39 is 5.54 Å². The van der Waals surface area contributed by atoms with Gasteiger partial charge in [0.15, 0.2) is 0 Å². The van der Waals surface area contributed by atoms with Gasteiger partial charge in [0.1, 0.15) is 5.75 Å². The van der Waals surface area contributed by atoms with Gasteiger partial charge in [-0.05, 0) is 51.7 Å². The van der Waals surface area contributed by atoms with Crippen LogP contribution < -0.4 is 15.8 Å². The van der Waals surface area contributed by atoms with Gasteiger partial charge in [0.25, 0.3) is 0 Å². The molecule has 0 aromatic heterocycles. The van der Waals surface area contributed by atoms with Crippen LogP contribution in [0.1, 0.15) is 38.2 Å². The minimum atomic E-state index is -0.613. The van der Waals surface area contributed by atoms with Crippen LogP contribution in [0.25, 0.3) is 0 Å². The van der Waals surface area contributed by atoms with Crippen LogP contribution in [0.5, 0.6) is 5.75 Å². The average molecular weight is 276 g/mol. The van der Waals surface area contributed by atoms with E-state index in [0.29, 0.717) is 19.1 Å². The molecule has 0 bridgehead atoms. The van der Waals surface area contributed by atoms with Crippen molar-refractivity contribution < 1.29 is 9.53 Å². The van der Waals surface area contributed by atoms with Crippen molar-refractivity contribution in [1.29, 1.82) is 0 Å². The number of amides is 1. The Morgan fingerprint density at radius 3 is 2.60 bits per heavy atom. The minimum absolute atomic E-state index is 0.278. The Hall–Kier alpha value is -1.55. The molecule has 1 aliphatic rings. The molecule has 0 heterocycles. The van der Waals surface area contributed by atoms with Crippen LogP contribution in [0, 0.1) is 6.92 Å². The second-order valence-electron chi connectivity index (χ2n) is 5.88. The van der Waals surface area contributed by atoms with Crippen molar-refractivity contribution in [2.75, 3.05) is 6.61 Å². The predicted molar refractivity (Wildman–Crippen MR) is 79.7 cm³/mol. The van der Waals surface area contributed by atoms with Crippen LogP contribution >= 0.6 is 0 Å². The standard InChI is InChI=1S/C16H24N2O2/c1-12-4-8-14(9-5-12)20-11-3-10-16(2,15(17)19)18-13-6-7-13/h4-5,8-9,13,18H,3,6-7,10-11H2,1-2H3,(H2,17,19). The van der Waals surface area contributed by atoms with Crippen molar-refractivity contribution in [3.63, 3.8) is 0 Å². The summed E-state index contributed by atoms with van der Waals surface area (Å²) in [6, 6.07) is 8.44. The molecule has 3 N–H and O–H groups in total. The lowest BCUT2D eigenvalue weighted by atomic mass is 9.95. The van der Waals surface area contributed by atoms with E-state index in [0.717, 1.165) is 25.0 Å². The molecule has 2 rings (SSSR count). The Labute approximate surface area is 120 Å². The van der Waals surface area contributed by atoms with Gasteiger partial charge >= 0.3 is 0 Å². The number of hydrogen-bond acceptors (Lipinski definition) is 3. The van der Waals surface area contributed by atoms with E-state index in [4.69, 9.17) is 10.5 Å². The number of ether oxygens (including phenoxy) is 1. The number of rotatable bonds is 8. The molecule has 0 aliphatic heterocycles. The molecular weight excluding hydrogens is 252 g/mol. The lowest BCUT2D eigenvalue weighted by Crippen LogP contribution is -2.54. The molecule has 0 spiro atoms. The van der Waals surface area contributed by atoms with Crippen LogP contribution in [0.15, 0.2) is 24.3 Å². The second-order valence-corrected chi connectivity index (χ2v) is 5.88. The number of benzene rings is 1. The number of hydrogen-bond donors (Lipinski definition) is 2. The number of primary amides is 1. The molecular formula is C16H24N2O2. The zero-order valence-corrected chi connectivity index (χ0v) is 12.3. The van der Waals surface area contributed by atoms with Gasteiger partial charge in [-0.2, -0.15) is 0 Å². The van der Waals surface area contributed by atoms with Crippen LogP contribution in [-0.2, 0) is 4.79 Å². The second kappa shape index (κ2) is 6.27. The third-order valence-electron chi connectivity index (χ3n) is 3.75. The lowest BCUT2D eigenvalue weighted by Gasteiger charge is -2.27. The van der Waals surface area contributed by atoms with Crippen molar-refractivity contribution in [3.8, 4) is 5.75 Å². The zero-order valence-electron chi connectivity index (χ0n) is 12.3. The predicted octanol–water partition coefficient (Wildman–Crippen LogP) is 2.15. The normalized spacial score (nSPS) is 17.5. The van der Waals surface area contributed by atoms with E-state index >= 15 is 0 Å². The van der Waals surface area contributed by atoms with Crippen molar-refractivity contribution in [2.24, 2.45) is 5.73 Å². The Morgan fingerprint density at radius 1 is 1.40 bits per heavy atom. The van der Waals surface area contributed by atoms with Crippen molar-refractivity contribution in [3.05, 3.63) is 29.8 Å². The highest BCUT2D eigenvalue weighted by Crippen LogP contribution is 2.24. The number of aryl methyl sites for hydroxylation is 1. The van der Waals surface area contributed by atoms with Gasteiger partial charge in [0.05, 0.1) is 12.1 Å². The van der Waals surface area contributed by atoms with Crippen molar-refractivity contribution >= 4 is 5.91 Å². The summed E-state index contributed by atoms with van der Waals surface area (Å²) in [6.07, 6.45) is 3.78. The molecule has 1 aromatic carbocycles. The number of carbonyl (C=O) groups is 1. The maximum Gasteiger partial charge on any atom is 0.237 e. The van der Waals surface area contributed by atoms with Gasteiger partial charge in [-0.1, -0.05) is 17.7 Å². The molecule has 1 aromatic rings. The van der Waals surface area contributed by atoms with E-state index in [9.17, 15) is 4.79 Å². The first kappa shape index (κ1) is 14.9. The Morgan fingerprint density at radius 2 is 2.05 bits per heavy atom. The van der Waals surface area contributed by atoms with E-state index in [-0.39, 0.29) is 5.91 Å². The largest absolute Gasteiger partial charge is 0.494 e. The quantitative estimate of drug-likeness (QED) is 0.715. The highest BCUT2D eigenvalue weighted by Gasteiger charge is 2.36. The summed E-state index contributed by atoms with van der Waals surface area (Å²) in [5.74, 6) is 0.589. The lowest BCUT2D eigenvalue weighted by molar-refractivity contribution is -0.124. The number of carbonyl (C=O) groups excluding carboxylic acids is 1. The third-order valence-corrected chi connectivity index (χ3v) is 3.75. The van der Waals surface area contributed by atoms with Crippen molar-refractivity contribution in [2.45, 2.75) is 51.1 Å². The third kappa shape index (κ3) is 4.23. The molecule has 20 heavy (non-hydrogen) atoms. The average Bonchev–Trinajstić information content (AvgIpc) is 3.20. The van der Waals surface area contributed by atoms with E-state index in [1.165, 1.54) is 5.56 Å². The molecule has 1 fully saturated rings. The van der Waals surface area contributed by atoms with Crippen LogP contribution in [0.4, 0.5) is 0 Å². The summed E-state index contributed by atoms with van der Waals surface area (Å²) in [5, 5.41) is 3.34. The summed E-state index contributed by atoms with van der Waals surface area (Å²) >= 11 is 0. The molecule has 1 aliphatic carbocycles. The number of nitrogens with one attached hydrogen (secondary N) is 1. The van der Waals surface area contributed by atoms with Crippen LogP contribution in [0.3, 0.4) is 0 Å². The summed E-state index contributed by atoms with van der Waals surface area (Å²) in [4.78, 5) is 11.6. The highest BCUT2D eigenvalue weighted by atomic mass is 16.5. The maximum atomic E-state index is 11.6. The summed E-state index contributed by atoms with van der Waals surface area (Å²) in [5.41, 5.74) is 6.12. The van der Waals surface area contributed by atoms with Crippen LogP contribution in [0.2, 0.25) is 0 Å². The molecule has 0 radical (unpaired) electrons. The van der Waals surface area contributed by atoms with Gasteiger partial charge < -0.3 is 15.8 Å². The van der Waals surface area contributed by atoms with E-state index in [1.807, 2.05) is 38.1 Å². The first-order valence-corrected chi connectivity index (χ1v) is 7.27. The van der Waals surface area contributed by atoms with Gasteiger partial charge in [-0.3, -0.25) is 4.79 Å². The molecule has 0 saturated heterocycles. The fourth-order valence-corrected chi connectivity index (χ4v) is 2.19. The topological polar surface area (TPSA) is 64.3 Å². The fourth-order valence-electron chi connectivity index (χ4n) is 2.19. The number of nitrogens with two attached hydrogens (primary N) is 1. The fraction of sp³-hybridized carbons (Fsp3) is 0.562. The van der Waals surface area contributed by atoms with Gasteiger partial charge in [0.2, 0.25) is 5.91 Å². The van der Waals surface area contributed by atoms with E-state index in [2.05, 4.69) is 5.32 Å². The van der Waals surface area contributed by atoms with Gasteiger partial charge in [-0.15, -0.1) is 0 Å². The molecule has 1 saturated carbocycles. The first-order chi connectivity index (χ1) is 9.49. The smallest absolute Gasteiger partial charge is 0.237 e. The highest BCUT2D eigenvalue weighted by molar-refractivity contribution is 5.84. The van der Waals surface area contributed by atoms with Crippen molar-refractivity contribution in [1.82, 2.24) is 5.32 Å². The van der Waals surface area contributed by atoms with Gasteiger partial charge in [-0.25, -0.2) is 0 Å². The molecule has 1 atom stereocenters. The molecule has 1 unspecified atom stereocenters. The SMILES string of the molecule is Cc1ccc(OCCCC(C)(NC2CC2)C(N)=O)cc1. The maximum absolute atomic E-state index is 11.6. The monoisotopic (exact) mass is 276 g/mol. The van der Waals surface area contributed by atoms with Gasteiger partial charge in [0, 0.05) is 6.04 Å². The molecule has 1 amide bonds. The van der Waals surface area contributed by atoms with E-state index in [1.54, 1.807) is 0 Å². The Kier molecular flexibility index (Phi) is 4.65. The van der Waals surface area contributed by atoms with Crippen LogP contribution in [-0.4, -0.2) is 24.1 Å². The Bertz CT molecular complexity index is 454. The zero-order chi connectivity index (χ0) is 14.6. The Balaban J connectivity index is 1.75.